The number of piperidine rings is 1. The minimum atomic E-state index is -3.50. The predicted octanol–water partition coefficient (Wildman–Crippen LogP) is 2.36. The lowest BCUT2D eigenvalue weighted by molar-refractivity contribution is -0.125. The Labute approximate surface area is 166 Å². The van der Waals surface area contributed by atoms with Gasteiger partial charge in [0.25, 0.3) is 0 Å². The van der Waals surface area contributed by atoms with Crippen LogP contribution in [0.25, 0.3) is 0 Å². The summed E-state index contributed by atoms with van der Waals surface area (Å²) in [5.74, 6) is -0.130. The number of rotatable bonds is 4. The van der Waals surface area contributed by atoms with Gasteiger partial charge in [-0.25, -0.2) is 8.42 Å². The van der Waals surface area contributed by atoms with Crippen LogP contribution in [0.15, 0.2) is 48.8 Å². The Morgan fingerprint density at radius 3 is 2.86 bits per heavy atom. The summed E-state index contributed by atoms with van der Waals surface area (Å²) >= 11 is 0. The molecular formula is C21H25N3O3S. The molecule has 6 nitrogen and oxygen atoms in total. The van der Waals surface area contributed by atoms with E-state index in [0.29, 0.717) is 19.5 Å². The summed E-state index contributed by atoms with van der Waals surface area (Å²) in [6, 6.07) is 11.4. The monoisotopic (exact) mass is 399 g/mol. The molecule has 2 atom stereocenters. The van der Waals surface area contributed by atoms with Crippen LogP contribution in [0.4, 0.5) is 0 Å². The summed E-state index contributed by atoms with van der Waals surface area (Å²) in [4.78, 5) is 16.4. The topological polar surface area (TPSA) is 79.4 Å². The number of hydrogen-bond acceptors (Lipinski definition) is 4. The van der Waals surface area contributed by atoms with Crippen molar-refractivity contribution < 1.29 is 13.2 Å². The van der Waals surface area contributed by atoms with E-state index in [4.69, 9.17) is 0 Å². The number of aryl methyl sites for hydroxylation is 1. The van der Waals surface area contributed by atoms with Gasteiger partial charge in [-0.2, -0.15) is 4.31 Å². The van der Waals surface area contributed by atoms with E-state index in [2.05, 4.69) is 10.3 Å². The van der Waals surface area contributed by atoms with Gasteiger partial charge in [-0.1, -0.05) is 35.9 Å². The lowest BCUT2D eigenvalue weighted by Crippen LogP contribution is -2.56. The molecule has 2 aliphatic heterocycles. The standard InChI is InChI=1S/C21H25N3O3S/c1-16-5-2-6-17(11-16)14-28(26,27)24-13-19(18-7-4-10-22-12-18)21(15-24)9-3-8-20(25)23-21/h2,4-7,10-12,19H,3,8-9,13-15H2,1H3,(H,23,25)/t19-,21+/m0/s1. The maximum Gasteiger partial charge on any atom is 0.220 e. The molecule has 2 saturated heterocycles. The second-order valence-corrected chi connectivity index (χ2v) is 9.90. The predicted molar refractivity (Wildman–Crippen MR) is 107 cm³/mol. The zero-order chi connectivity index (χ0) is 19.8. The minimum absolute atomic E-state index is 0.00178. The lowest BCUT2D eigenvalue weighted by Gasteiger charge is -2.39. The average Bonchev–Trinajstić information content (AvgIpc) is 3.01. The lowest BCUT2D eigenvalue weighted by atomic mass is 9.77. The van der Waals surface area contributed by atoms with E-state index in [1.165, 1.54) is 0 Å². The number of carbonyl (C=O) groups excluding carboxylic acids is 1. The van der Waals surface area contributed by atoms with Crippen LogP contribution in [0.2, 0.25) is 0 Å². The summed E-state index contributed by atoms with van der Waals surface area (Å²) in [6.45, 7) is 2.63. The highest BCUT2D eigenvalue weighted by atomic mass is 32.2. The van der Waals surface area contributed by atoms with Gasteiger partial charge in [0.2, 0.25) is 15.9 Å². The van der Waals surface area contributed by atoms with E-state index in [0.717, 1.165) is 29.5 Å². The molecule has 1 aromatic carbocycles. The number of amides is 1. The first-order valence-electron chi connectivity index (χ1n) is 9.62. The van der Waals surface area contributed by atoms with Crippen molar-refractivity contribution in [3.63, 3.8) is 0 Å². The summed E-state index contributed by atoms with van der Waals surface area (Å²) in [5.41, 5.74) is 2.24. The Balaban J connectivity index is 1.65. The molecule has 0 radical (unpaired) electrons. The second kappa shape index (κ2) is 7.29. The Morgan fingerprint density at radius 2 is 2.14 bits per heavy atom. The van der Waals surface area contributed by atoms with Crippen molar-refractivity contribution >= 4 is 15.9 Å². The van der Waals surface area contributed by atoms with Crippen LogP contribution in [0.1, 0.15) is 41.9 Å². The normalized spacial score (nSPS) is 25.8. The maximum atomic E-state index is 13.2. The van der Waals surface area contributed by atoms with Crippen molar-refractivity contribution in [2.24, 2.45) is 0 Å². The van der Waals surface area contributed by atoms with Crippen molar-refractivity contribution in [2.45, 2.75) is 43.4 Å². The molecule has 1 aromatic heterocycles. The number of benzene rings is 1. The largest absolute Gasteiger partial charge is 0.349 e. The first-order valence-corrected chi connectivity index (χ1v) is 11.2. The number of nitrogens with one attached hydrogen (secondary N) is 1. The number of hydrogen-bond donors (Lipinski definition) is 1. The Kier molecular flexibility index (Phi) is 4.97. The molecule has 1 N–H and O–H groups in total. The Hall–Kier alpha value is -2.25. The fraction of sp³-hybridized carbons (Fsp3) is 0.429. The van der Waals surface area contributed by atoms with Gasteiger partial charge in [-0.05, 0) is 37.0 Å². The molecule has 0 saturated carbocycles. The Bertz CT molecular complexity index is 977. The molecule has 2 fully saturated rings. The van der Waals surface area contributed by atoms with Crippen molar-refractivity contribution in [3.8, 4) is 0 Å². The molecule has 2 aliphatic rings. The molecule has 4 rings (SSSR count). The SMILES string of the molecule is Cc1cccc(CS(=O)(=O)N2C[C@@H](c3cccnc3)[C@@]3(CCCC(=O)N3)C2)c1. The number of aromatic nitrogens is 1. The van der Waals surface area contributed by atoms with Gasteiger partial charge in [0.05, 0.1) is 11.3 Å². The molecule has 28 heavy (non-hydrogen) atoms. The molecular weight excluding hydrogens is 374 g/mol. The maximum absolute atomic E-state index is 13.2. The number of pyridine rings is 1. The van der Waals surface area contributed by atoms with Crippen molar-refractivity contribution in [3.05, 3.63) is 65.5 Å². The fourth-order valence-corrected chi connectivity index (χ4v) is 6.12. The third-order valence-electron chi connectivity index (χ3n) is 5.84. The van der Waals surface area contributed by atoms with Gasteiger partial charge >= 0.3 is 0 Å². The first-order chi connectivity index (χ1) is 13.4. The van der Waals surface area contributed by atoms with E-state index in [-0.39, 0.29) is 17.6 Å². The van der Waals surface area contributed by atoms with Crippen molar-refractivity contribution in [2.75, 3.05) is 13.1 Å². The smallest absolute Gasteiger partial charge is 0.220 e. The van der Waals surface area contributed by atoms with Crippen LogP contribution in [-0.4, -0.2) is 42.2 Å². The van der Waals surface area contributed by atoms with Gasteiger partial charge in [-0.3, -0.25) is 9.78 Å². The molecule has 1 amide bonds. The van der Waals surface area contributed by atoms with Crippen LogP contribution in [0.5, 0.6) is 0 Å². The summed E-state index contributed by atoms with van der Waals surface area (Å²) in [6.07, 6.45) is 5.53. The quantitative estimate of drug-likeness (QED) is 0.856. The van der Waals surface area contributed by atoms with Crippen molar-refractivity contribution in [1.29, 1.82) is 0 Å². The summed E-state index contributed by atoms with van der Waals surface area (Å²) in [7, 11) is -3.50. The summed E-state index contributed by atoms with van der Waals surface area (Å²) < 4.78 is 27.9. The zero-order valence-corrected chi connectivity index (χ0v) is 16.8. The third-order valence-corrected chi connectivity index (χ3v) is 7.60. The fourth-order valence-electron chi connectivity index (χ4n) is 4.54. The van der Waals surface area contributed by atoms with E-state index < -0.39 is 15.6 Å². The molecule has 7 heteroatoms. The average molecular weight is 400 g/mol. The molecule has 2 aromatic rings. The number of carbonyl (C=O) groups is 1. The van der Waals surface area contributed by atoms with Gasteiger partial charge in [0, 0.05) is 37.8 Å². The van der Waals surface area contributed by atoms with E-state index in [9.17, 15) is 13.2 Å². The first kappa shape index (κ1) is 19.1. The van der Waals surface area contributed by atoms with Crippen LogP contribution >= 0.6 is 0 Å². The van der Waals surface area contributed by atoms with Gasteiger partial charge in [-0.15, -0.1) is 0 Å². The molecule has 3 heterocycles. The minimum Gasteiger partial charge on any atom is -0.349 e. The highest BCUT2D eigenvalue weighted by Crippen LogP contribution is 2.42. The van der Waals surface area contributed by atoms with Crippen molar-refractivity contribution in [1.82, 2.24) is 14.6 Å². The Morgan fingerprint density at radius 1 is 1.29 bits per heavy atom. The highest BCUT2D eigenvalue weighted by Gasteiger charge is 2.52. The number of sulfonamides is 1. The zero-order valence-electron chi connectivity index (χ0n) is 16.0. The van der Waals surface area contributed by atoms with E-state index in [1.54, 1.807) is 16.7 Å². The van der Waals surface area contributed by atoms with Crippen LogP contribution < -0.4 is 5.32 Å². The van der Waals surface area contributed by atoms with Gasteiger partial charge in [0.1, 0.15) is 0 Å². The molecule has 0 unspecified atom stereocenters. The highest BCUT2D eigenvalue weighted by molar-refractivity contribution is 7.88. The summed E-state index contributed by atoms with van der Waals surface area (Å²) in [5, 5.41) is 3.14. The van der Waals surface area contributed by atoms with Crippen LogP contribution in [0.3, 0.4) is 0 Å². The molecule has 0 aliphatic carbocycles. The second-order valence-electron chi connectivity index (χ2n) is 7.93. The van der Waals surface area contributed by atoms with E-state index in [1.807, 2.05) is 43.3 Å². The van der Waals surface area contributed by atoms with E-state index >= 15 is 0 Å². The van der Waals surface area contributed by atoms with Crippen LogP contribution in [0, 0.1) is 6.92 Å². The van der Waals surface area contributed by atoms with Gasteiger partial charge in [0.15, 0.2) is 0 Å². The molecule has 0 bridgehead atoms. The third kappa shape index (κ3) is 3.69. The number of nitrogens with zero attached hydrogens (tertiary/aromatic N) is 2. The molecule has 148 valence electrons. The van der Waals surface area contributed by atoms with Crippen LogP contribution in [-0.2, 0) is 20.6 Å². The van der Waals surface area contributed by atoms with Gasteiger partial charge < -0.3 is 5.32 Å². The molecule has 1 spiro atoms.